The molecule has 1 fully saturated rings. The Labute approximate surface area is 156 Å². The van der Waals surface area contributed by atoms with Crippen LogP contribution < -0.4 is 14.8 Å². The predicted octanol–water partition coefficient (Wildman–Crippen LogP) is 4.09. The molecule has 0 radical (unpaired) electrons. The SMILES string of the molecule is Cc1cc(C)cc(OCCOc2cccc(C=C3SC(=O)NC3=O)c2)c1. The lowest BCUT2D eigenvalue weighted by atomic mass is 10.1. The van der Waals surface area contributed by atoms with Gasteiger partial charge in [-0.05, 0) is 72.6 Å². The van der Waals surface area contributed by atoms with Gasteiger partial charge in [0.05, 0.1) is 4.91 Å². The van der Waals surface area contributed by atoms with Gasteiger partial charge in [-0.25, -0.2) is 0 Å². The highest BCUT2D eigenvalue weighted by Gasteiger charge is 2.24. The summed E-state index contributed by atoms with van der Waals surface area (Å²) in [5.74, 6) is 1.14. The number of benzene rings is 2. The van der Waals surface area contributed by atoms with E-state index in [1.54, 1.807) is 6.08 Å². The molecule has 1 aliphatic heterocycles. The van der Waals surface area contributed by atoms with Crippen molar-refractivity contribution in [2.24, 2.45) is 0 Å². The summed E-state index contributed by atoms with van der Waals surface area (Å²) in [4.78, 5) is 23.2. The lowest BCUT2D eigenvalue weighted by molar-refractivity contribution is -0.115. The van der Waals surface area contributed by atoms with Crippen molar-refractivity contribution in [1.29, 1.82) is 0 Å². The van der Waals surface area contributed by atoms with Crippen molar-refractivity contribution < 1.29 is 19.1 Å². The highest BCUT2D eigenvalue weighted by Crippen LogP contribution is 2.26. The third-order valence-electron chi connectivity index (χ3n) is 3.61. The first-order valence-electron chi connectivity index (χ1n) is 8.18. The highest BCUT2D eigenvalue weighted by molar-refractivity contribution is 8.18. The molecular formula is C20H19NO4S. The smallest absolute Gasteiger partial charge is 0.290 e. The van der Waals surface area contributed by atoms with E-state index < -0.39 is 0 Å². The van der Waals surface area contributed by atoms with Crippen molar-refractivity contribution in [3.8, 4) is 11.5 Å². The third kappa shape index (κ3) is 4.89. The second-order valence-electron chi connectivity index (χ2n) is 5.95. The maximum absolute atomic E-state index is 11.6. The average Bonchev–Trinajstić information content (AvgIpc) is 2.88. The fraction of sp³-hybridized carbons (Fsp3) is 0.200. The third-order valence-corrected chi connectivity index (χ3v) is 4.42. The molecule has 0 bridgehead atoms. The van der Waals surface area contributed by atoms with E-state index in [1.807, 2.05) is 50.2 Å². The van der Waals surface area contributed by atoms with Gasteiger partial charge < -0.3 is 9.47 Å². The Kier molecular flexibility index (Phi) is 5.63. The largest absolute Gasteiger partial charge is 0.490 e. The number of amides is 2. The van der Waals surface area contributed by atoms with Gasteiger partial charge in [0, 0.05) is 0 Å². The number of rotatable bonds is 6. The number of hydrogen-bond donors (Lipinski definition) is 1. The molecule has 0 unspecified atom stereocenters. The Bertz CT molecular complexity index is 856. The molecule has 2 aromatic carbocycles. The van der Waals surface area contributed by atoms with E-state index in [-0.39, 0.29) is 11.1 Å². The van der Waals surface area contributed by atoms with Gasteiger partial charge >= 0.3 is 0 Å². The summed E-state index contributed by atoms with van der Waals surface area (Å²) in [6.07, 6.45) is 1.67. The van der Waals surface area contributed by atoms with Gasteiger partial charge in [0.15, 0.2) is 0 Å². The topological polar surface area (TPSA) is 64.6 Å². The predicted molar refractivity (Wildman–Crippen MR) is 102 cm³/mol. The van der Waals surface area contributed by atoms with Crippen molar-refractivity contribution in [3.05, 3.63) is 64.1 Å². The minimum Gasteiger partial charge on any atom is -0.490 e. The molecule has 0 aliphatic carbocycles. The molecule has 26 heavy (non-hydrogen) atoms. The number of carbonyl (C=O) groups is 2. The molecule has 1 aliphatic rings. The van der Waals surface area contributed by atoms with Crippen LogP contribution in [-0.4, -0.2) is 24.4 Å². The van der Waals surface area contributed by atoms with Crippen LogP contribution in [0.5, 0.6) is 11.5 Å². The van der Waals surface area contributed by atoms with Crippen LogP contribution in [0.4, 0.5) is 4.79 Å². The van der Waals surface area contributed by atoms with E-state index in [9.17, 15) is 9.59 Å². The van der Waals surface area contributed by atoms with Crippen molar-refractivity contribution in [2.45, 2.75) is 13.8 Å². The van der Waals surface area contributed by atoms with E-state index in [0.29, 0.717) is 23.9 Å². The molecule has 1 saturated heterocycles. The van der Waals surface area contributed by atoms with Gasteiger partial charge in [-0.3, -0.25) is 14.9 Å². The number of nitrogens with one attached hydrogen (secondary N) is 1. The summed E-state index contributed by atoms with van der Waals surface area (Å²) in [6.45, 7) is 4.90. The normalized spacial score (nSPS) is 15.2. The van der Waals surface area contributed by atoms with Gasteiger partial charge in [0.2, 0.25) is 0 Å². The number of thioether (sulfide) groups is 1. The Morgan fingerprint density at radius 3 is 2.31 bits per heavy atom. The zero-order valence-electron chi connectivity index (χ0n) is 14.6. The fourth-order valence-corrected chi connectivity index (χ4v) is 3.28. The number of carbonyl (C=O) groups excluding carboxylic acids is 2. The summed E-state index contributed by atoms with van der Waals surface area (Å²) in [6, 6.07) is 13.4. The molecule has 2 amide bonds. The van der Waals surface area contributed by atoms with Crippen molar-refractivity contribution in [2.75, 3.05) is 13.2 Å². The first-order chi connectivity index (χ1) is 12.5. The molecule has 5 nitrogen and oxygen atoms in total. The van der Waals surface area contributed by atoms with Crippen LogP contribution in [0.2, 0.25) is 0 Å². The first kappa shape index (κ1) is 18.1. The second-order valence-corrected chi connectivity index (χ2v) is 6.96. The molecule has 6 heteroatoms. The van der Waals surface area contributed by atoms with Gasteiger partial charge in [0.1, 0.15) is 24.7 Å². The van der Waals surface area contributed by atoms with E-state index in [2.05, 4.69) is 11.4 Å². The van der Waals surface area contributed by atoms with Crippen LogP contribution in [0.3, 0.4) is 0 Å². The molecule has 134 valence electrons. The molecule has 1 heterocycles. The van der Waals surface area contributed by atoms with Crippen LogP contribution in [-0.2, 0) is 4.79 Å². The Hall–Kier alpha value is -2.73. The standard InChI is InChI=1S/C20H19NO4S/c1-13-8-14(2)10-17(9-13)25-7-6-24-16-5-3-4-15(11-16)12-18-19(22)21-20(23)26-18/h3-5,8-12H,6-7H2,1-2H3,(H,21,22,23). The minimum absolute atomic E-state index is 0.350. The number of imide groups is 1. The first-order valence-corrected chi connectivity index (χ1v) is 9.00. The van der Waals surface area contributed by atoms with Crippen molar-refractivity contribution >= 4 is 29.0 Å². The van der Waals surface area contributed by atoms with Gasteiger partial charge in [-0.1, -0.05) is 18.2 Å². The van der Waals surface area contributed by atoms with E-state index in [0.717, 1.165) is 34.2 Å². The summed E-state index contributed by atoms with van der Waals surface area (Å²) < 4.78 is 11.4. The lowest BCUT2D eigenvalue weighted by Gasteiger charge is -2.10. The van der Waals surface area contributed by atoms with Gasteiger partial charge in [0.25, 0.3) is 11.1 Å². The lowest BCUT2D eigenvalue weighted by Crippen LogP contribution is -2.17. The van der Waals surface area contributed by atoms with Gasteiger partial charge in [-0.15, -0.1) is 0 Å². The monoisotopic (exact) mass is 369 g/mol. The Morgan fingerprint density at radius 2 is 1.65 bits per heavy atom. The summed E-state index contributed by atoms with van der Waals surface area (Å²) in [5, 5.41) is 1.89. The minimum atomic E-state index is -0.367. The van der Waals surface area contributed by atoms with E-state index in [1.165, 1.54) is 0 Å². The van der Waals surface area contributed by atoms with Gasteiger partial charge in [-0.2, -0.15) is 0 Å². The Balaban J connectivity index is 1.55. The fourth-order valence-electron chi connectivity index (χ4n) is 2.60. The van der Waals surface area contributed by atoms with E-state index in [4.69, 9.17) is 9.47 Å². The molecular weight excluding hydrogens is 350 g/mol. The van der Waals surface area contributed by atoms with Crippen LogP contribution in [0.15, 0.2) is 47.4 Å². The average molecular weight is 369 g/mol. The zero-order valence-corrected chi connectivity index (χ0v) is 15.4. The van der Waals surface area contributed by atoms with Crippen LogP contribution >= 0.6 is 11.8 Å². The van der Waals surface area contributed by atoms with Crippen LogP contribution in [0.1, 0.15) is 16.7 Å². The second kappa shape index (κ2) is 8.10. The molecule has 0 saturated carbocycles. The maximum atomic E-state index is 11.6. The summed E-state index contributed by atoms with van der Waals surface area (Å²) >= 11 is 0.896. The Morgan fingerprint density at radius 1 is 0.962 bits per heavy atom. The molecule has 0 spiro atoms. The summed E-state index contributed by atoms with van der Waals surface area (Å²) in [5.41, 5.74) is 3.12. The van der Waals surface area contributed by atoms with Crippen LogP contribution in [0, 0.1) is 13.8 Å². The quantitative estimate of drug-likeness (QED) is 0.614. The molecule has 3 rings (SSSR count). The van der Waals surface area contributed by atoms with E-state index >= 15 is 0 Å². The maximum Gasteiger partial charge on any atom is 0.290 e. The van der Waals surface area contributed by atoms with Crippen molar-refractivity contribution in [1.82, 2.24) is 5.32 Å². The number of hydrogen-bond acceptors (Lipinski definition) is 5. The van der Waals surface area contributed by atoms with Crippen LogP contribution in [0.25, 0.3) is 6.08 Å². The number of aryl methyl sites for hydroxylation is 2. The molecule has 0 atom stereocenters. The highest BCUT2D eigenvalue weighted by atomic mass is 32.2. The molecule has 1 N–H and O–H groups in total. The molecule has 0 aromatic heterocycles. The summed E-state index contributed by atoms with van der Waals surface area (Å²) in [7, 11) is 0. The number of ether oxygens (including phenoxy) is 2. The molecule has 2 aromatic rings. The zero-order chi connectivity index (χ0) is 18.5. The van der Waals surface area contributed by atoms with Crippen molar-refractivity contribution in [3.63, 3.8) is 0 Å².